The Labute approximate surface area is 190 Å². The van der Waals surface area contributed by atoms with Crippen molar-refractivity contribution in [3.63, 3.8) is 0 Å². The van der Waals surface area contributed by atoms with Crippen molar-refractivity contribution in [1.82, 2.24) is 14.7 Å². The molecule has 164 valence electrons. The van der Waals surface area contributed by atoms with E-state index in [9.17, 15) is 14.4 Å². The highest BCUT2D eigenvalue weighted by Gasteiger charge is 2.47. The van der Waals surface area contributed by atoms with Crippen molar-refractivity contribution in [3.05, 3.63) is 81.5 Å². The molecular weight excluding hydrogens is 428 g/mol. The van der Waals surface area contributed by atoms with Gasteiger partial charge in [-0.2, -0.15) is 4.57 Å². The summed E-state index contributed by atoms with van der Waals surface area (Å²) in [4.78, 5) is 41.6. The lowest BCUT2D eigenvalue weighted by Gasteiger charge is -2.12. The summed E-state index contributed by atoms with van der Waals surface area (Å²) in [5, 5.41) is 3.70. The number of pyridine rings is 1. The van der Waals surface area contributed by atoms with Crippen molar-refractivity contribution in [2.75, 3.05) is 6.54 Å². The third-order valence-corrected chi connectivity index (χ3v) is 5.65. The number of nitrogens with zero attached hydrogens (tertiary/aromatic N) is 3. The SMILES string of the molecule is CCCN1C(=O)C(c2c(C(C)C)[nH]n(-c3ccc(Cl)cc3)c2=O)=C([n+]2ccccc2)C1=O. The number of hydrogen-bond acceptors (Lipinski definition) is 3. The number of nitrogens with one attached hydrogen (secondary N) is 1. The summed E-state index contributed by atoms with van der Waals surface area (Å²) >= 11 is 6.00. The summed E-state index contributed by atoms with van der Waals surface area (Å²) in [6, 6.07) is 12.2. The first kappa shape index (κ1) is 21.8. The van der Waals surface area contributed by atoms with Crippen molar-refractivity contribution in [2.24, 2.45) is 0 Å². The van der Waals surface area contributed by atoms with E-state index in [1.54, 1.807) is 53.4 Å². The number of aromatic nitrogens is 3. The van der Waals surface area contributed by atoms with Crippen molar-refractivity contribution in [3.8, 4) is 5.69 Å². The lowest BCUT2D eigenvalue weighted by Crippen LogP contribution is -2.39. The fourth-order valence-electron chi connectivity index (χ4n) is 3.89. The van der Waals surface area contributed by atoms with Gasteiger partial charge in [-0.3, -0.25) is 24.4 Å². The Bertz CT molecular complexity index is 1270. The molecule has 0 atom stereocenters. The average molecular weight is 452 g/mol. The highest BCUT2D eigenvalue weighted by atomic mass is 35.5. The Morgan fingerprint density at radius 1 is 1.00 bits per heavy atom. The van der Waals surface area contributed by atoms with Gasteiger partial charge in [-0.25, -0.2) is 4.68 Å². The quantitative estimate of drug-likeness (QED) is 0.461. The summed E-state index contributed by atoms with van der Waals surface area (Å²) in [5.74, 6) is -0.954. The molecule has 0 spiro atoms. The maximum Gasteiger partial charge on any atom is 0.326 e. The number of rotatable bonds is 6. The molecule has 3 aromatic rings. The van der Waals surface area contributed by atoms with Crippen LogP contribution in [-0.4, -0.2) is 33.0 Å². The molecule has 1 N–H and O–H groups in total. The van der Waals surface area contributed by atoms with Gasteiger partial charge < -0.3 is 0 Å². The largest absolute Gasteiger partial charge is 0.326 e. The van der Waals surface area contributed by atoms with Crippen molar-refractivity contribution >= 4 is 34.7 Å². The summed E-state index contributed by atoms with van der Waals surface area (Å²) in [7, 11) is 0. The Morgan fingerprint density at radius 2 is 1.66 bits per heavy atom. The van der Waals surface area contributed by atoms with Crippen molar-refractivity contribution < 1.29 is 14.2 Å². The zero-order chi connectivity index (χ0) is 23.0. The summed E-state index contributed by atoms with van der Waals surface area (Å²) < 4.78 is 3.00. The van der Waals surface area contributed by atoms with E-state index in [1.165, 1.54) is 9.58 Å². The standard InChI is InChI=1S/C24H23ClN4O3/c1-4-12-28-22(30)19(21(24(28)32)27-13-6-5-7-14-27)18-20(15(2)3)26-29(23(18)31)17-10-8-16(25)9-11-17/h5-11,13-15H,4,12H2,1-3H3/p+1. The van der Waals surface area contributed by atoms with Gasteiger partial charge in [-0.15, -0.1) is 0 Å². The molecule has 0 aliphatic carbocycles. The number of aromatic amines is 1. The van der Waals surface area contributed by atoms with E-state index in [-0.39, 0.29) is 34.9 Å². The number of amides is 2. The molecule has 2 aromatic heterocycles. The number of imide groups is 1. The van der Waals surface area contributed by atoms with Gasteiger partial charge >= 0.3 is 5.91 Å². The fourth-order valence-corrected chi connectivity index (χ4v) is 4.01. The van der Waals surface area contributed by atoms with Crippen LogP contribution in [0.3, 0.4) is 0 Å². The van der Waals surface area contributed by atoms with E-state index >= 15 is 0 Å². The molecule has 1 aliphatic rings. The van der Waals surface area contributed by atoms with E-state index in [4.69, 9.17) is 11.6 Å². The molecular formula is C24H24ClN4O3+. The van der Waals surface area contributed by atoms with E-state index < -0.39 is 11.8 Å². The molecule has 0 bridgehead atoms. The minimum atomic E-state index is -0.454. The molecule has 1 aromatic carbocycles. The van der Waals surface area contributed by atoms with Crippen LogP contribution in [0.4, 0.5) is 0 Å². The molecule has 3 heterocycles. The Balaban J connectivity index is 2.02. The molecule has 32 heavy (non-hydrogen) atoms. The second kappa shape index (κ2) is 8.59. The molecule has 0 radical (unpaired) electrons. The molecule has 0 unspecified atom stereocenters. The van der Waals surface area contributed by atoms with Crippen LogP contribution in [0.1, 0.15) is 44.4 Å². The van der Waals surface area contributed by atoms with Crippen LogP contribution in [0.5, 0.6) is 0 Å². The van der Waals surface area contributed by atoms with Gasteiger partial charge in [-0.1, -0.05) is 38.4 Å². The van der Waals surface area contributed by atoms with Crippen LogP contribution in [0.15, 0.2) is 59.7 Å². The predicted octanol–water partition coefficient (Wildman–Crippen LogP) is 3.38. The first-order valence-corrected chi connectivity index (χ1v) is 10.9. The maximum atomic E-state index is 13.6. The highest BCUT2D eigenvalue weighted by Crippen LogP contribution is 2.32. The number of benzene rings is 1. The van der Waals surface area contributed by atoms with Crippen LogP contribution in [0, 0.1) is 0 Å². The minimum absolute atomic E-state index is 0.0936. The minimum Gasteiger partial charge on any atom is -0.294 e. The van der Waals surface area contributed by atoms with E-state index in [0.717, 1.165) is 0 Å². The van der Waals surface area contributed by atoms with Crippen molar-refractivity contribution in [2.45, 2.75) is 33.1 Å². The third-order valence-electron chi connectivity index (χ3n) is 5.40. The Kier molecular flexibility index (Phi) is 5.84. The van der Waals surface area contributed by atoms with Gasteiger partial charge in [0, 0.05) is 29.4 Å². The number of H-pyrrole nitrogens is 1. The van der Waals surface area contributed by atoms with Crippen molar-refractivity contribution in [1.29, 1.82) is 0 Å². The van der Waals surface area contributed by atoms with Crippen LogP contribution < -0.4 is 10.1 Å². The van der Waals surface area contributed by atoms with Gasteiger partial charge in [0.15, 0.2) is 12.4 Å². The van der Waals surface area contributed by atoms with Crippen LogP contribution in [0.2, 0.25) is 5.02 Å². The first-order valence-electron chi connectivity index (χ1n) is 10.5. The van der Waals surface area contributed by atoms with Gasteiger partial charge in [0.2, 0.25) is 0 Å². The monoisotopic (exact) mass is 451 g/mol. The van der Waals surface area contributed by atoms with Gasteiger partial charge in [0.25, 0.3) is 17.2 Å². The lowest BCUT2D eigenvalue weighted by atomic mass is 9.98. The van der Waals surface area contributed by atoms with Gasteiger partial charge in [0.05, 0.1) is 11.3 Å². The topological polar surface area (TPSA) is 79.1 Å². The van der Waals surface area contributed by atoms with Crippen LogP contribution >= 0.6 is 11.6 Å². The third kappa shape index (κ3) is 3.58. The van der Waals surface area contributed by atoms with E-state index in [0.29, 0.717) is 22.8 Å². The molecule has 1 aliphatic heterocycles. The second-order valence-electron chi connectivity index (χ2n) is 7.94. The van der Waals surface area contributed by atoms with Crippen LogP contribution in [-0.2, 0) is 9.59 Å². The Hall–Kier alpha value is -3.45. The van der Waals surface area contributed by atoms with Crippen LogP contribution in [0.25, 0.3) is 17.0 Å². The first-order chi connectivity index (χ1) is 15.3. The average Bonchev–Trinajstić information content (AvgIpc) is 3.24. The summed E-state index contributed by atoms with van der Waals surface area (Å²) in [6.45, 7) is 6.05. The fraction of sp³-hybridized carbons (Fsp3) is 0.250. The molecule has 4 rings (SSSR count). The van der Waals surface area contributed by atoms with E-state index in [1.807, 2.05) is 26.8 Å². The summed E-state index contributed by atoms with van der Waals surface area (Å²) in [6.07, 6.45) is 4.03. The molecule has 0 saturated carbocycles. The van der Waals surface area contributed by atoms with E-state index in [2.05, 4.69) is 5.10 Å². The van der Waals surface area contributed by atoms with Gasteiger partial charge in [-0.05, 0) is 36.6 Å². The molecule has 7 nitrogen and oxygen atoms in total. The Morgan fingerprint density at radius 3 is 2.25 bits per heavy atom. The zero-order valence-corrected chi connectivity index (χ0v) is 18.9. The molecule has 2 amide bonds. The smallest absolute Gasteiger partial charge is 0.294 e. The normalized spacial score (nSPS) is 14.2. The maximum absolute atomic E-state index is 13.6. The molecule has 0 fully saturated rings. The highest BCUT2D eigenvalue weighted by molar-refractivity contribution is 6.44. The predicted molar refractivity (Wildman–Crippen MR) is 122 cm³/mol. The van der Waals surface area contributed by atoms with Gasteiger partial charge in [0.1, 0.15) is 5.57 Å². The number of carbonyl (C=O) groups excluding carboxylic acids is 2. The number of hydrogen-bond donors (Lipinski definition) is 1. The second-order valence-corrected chi connectivity index (χ2v) is 8.38. The zero-order valence-electron chi connectivity index (χ0n) is 18.1. The summed E-state index contributed by atoms with van der Waals surface area (Å²) in [5.41, 5.74) is 1.32. The number of carbonyl (C=O) groups is 2. The molecule has 8 heteroatoms. The number of halogens is 1. The molecule has 0 saturated heterocycles. The lowest BCUT2D eigenvalue weighted by molar-refractivity contribution is -0.576.